The summed E-state index contributed by atoms with van der Waals surface area (Å²) in [5.41, 5.74) is 0. The van der Waals surface area contributed by atoms with Crippen molar-refractivity contribution in [2.75, 3.05) is 13.2 Å². The Balaban J connectivity index is 4.44. The second kappa shape index (κ2) is 43.8. The van der Waals surface area contributed by atoms with Crippen molar-refractivity contribution in [2.24, 2.45) is 0 Å². The lowest BCUT2D eigenvalue weighted by Crippen LogP contribution is -2.30. The molecule has 0 aliphatic heterocycles. The van der Waals surface area contributed by atoms with Crippen molar-refractivity contribution >= 4 is 17.9 Å². The predicted molar refractivity (Wildman–Crippen MR) is 233 cm³/mol. The second-order valence-electron chi connectivity index (χ2n) is 15.0. The molecular weight excluding hydrogens is 685 g/mol. The van der Waals surface area contributed by atoms with E-state index >= 15 is 0 Å². The van der Waals surface area contributed by atoms with Crippen LogP contribution in [0.3, 0.4) is 0 Å². The molecule has 55 heavy (non-hydrogen) atoms. The molecule has 1 atom stereocenters. The first-order valence-electron chi connectivity index (χ1n) is 22.8. The van der Waals surface area contributed by atoms with Gasteiger partial charge in [0.05, 0.1) is 0 Å². The number of unbranched alkanes of at least 4 members (excludes halogenated alkanes) is 19. The molecule has 0 amide bonds. The van der Waals surface area contributed by atoms with Gasteiger partial charge in [-0.25, -0.2) is 0 Å². The Bertz CT molecular complexity index is 1020. The van der Waals surface area contributed by atoms with E-state index in [1.165, 1.54) is 89.9 Å². The third-order valence-electron chi connectivity index (χ3n) is 9.49. The summed E-state index contributed by atoms with van der Waals surface area (Å²) in [6.45, 7) is 6.48. The summed E-state index contributed by atoms with van der Waals surface area (Å²) in [6.07, 6.45) is 52.1. The highest BCUT2D eigenvalue weighted by atomic mass is 16.6. The average molecular weight is 769 g/mol. The molecule has 0 bridgehead atoms. The van der Waals surface area contributed by atoms with Gasteiger partial charge in [-0.2, -0.15) is 0 Å². The Hall–Kier alpha value is -2.89. The first-order valence-corrected chi connectivity index (χ1v) is 22.8. The lowest BCUT2D eigenvalue weighted by atomic mass is 10.1. The van der Waals surface area contributed by atoms with Crippen molar-refractivity contribution in [3.05, 3.63) is 60.8 Å². The molecule has 0 radical (unpaired) electrons. The highest BCUT2D eigenvalue weighted by molar-refractivity contribution is 5.71. The van der Waals surface area contributed by atoms with Gasteiger partial charge in [0.25, 0.3) is 0 Å². The molecule has 0 saturated carbocycles. The smallest absolute Gasteiger partial charge is 0.306 e. The third-order valence-corrected chi connectivity index (χ3v) is 9.49. The molecule has 0 aliphatic carbocycles. The van der Waals surface area contributed by atoms with Crippen molar-refractivity contribution in [1.82, 2.24) is 0 Å². The molecule has 0 aromatic heterocycles. The van der Waals surface area contributed by atoms with Crippen molar-refractivity contribution in [3.63, 3.8) is 0 Å². The number of hydrogen-bond donors (Lipinski definition) is 0. The molecule has 0 N–H and O–H groups in total. The highest BCUT2D eigenvalue weighted by Crippen LogP contribution is 2.13. The van der Waals surface area contributed by atoms with Gasteiger partial charge in [-0.05, 0) is 77.0 Å². The standard InChI is InChI=1S/C49H84O6/c1-4-7-10-13-16-19-21-22-23-24-25-26-28-30-33-36-39-42-48(51)54-45-46(44-53-47(50)41-38-35-32-29-18-15-12-9-6-3)55-49(52)43-40-37-34-31-27-20-17-14-11-8-5-2/h14,16-17,19,22-23,25-26,30,33,46H,4-13,15,18,20-21,24,27-29,31-32,34-45H2,1-3H3/b17-14-,19-16-,23-22-,26-25-,33-30-/t46-/m1/s1. The molecule has 0 fully saturated rings. The van der Waals surface area contributed by atoms with Crippen LogP contribution in [0, 0.1) is 0 Å². The molecule has 0 aromatic rings. The zero-order valence-corrected chi connectivity index (χ0v) is 35.9. The van der Waals surface area contributed by atoms with Crippen LogP contribution in [-0.4, -0.2) is 37.2 Å². The zero-order valence-electron chi connectivity index (χ0n) is 35.9. The van der Waals surface area contributed by atoms with Crippen molar-refractivity contribution in [1.29, 1.82) is 0 Å². The Labute approximate surface area is 339 Å². The number of carbonyl (C=O) groups is 3. The number of rotatable bonds is 40. The van der Waals surface area contributed by atoms with Crippen LogP contribution in [0.1, 0.15) is 213 Å². The van der Waals surface area contributed by atoms with Gasteiger partial charge in [0.1, 0.15) is 13.2 Å². The normalized spacial score (nSPS) is 12.6. The van der Waals surface area contributed by atoms with Gasteiger partial charge < -0.3 is 14.2 Å². The van der Waals surface area contributed by atoms with Gasteiger partial charge in [0, 0.05) is 19.3 Å². The van der Waals surface area contributed by atoms with Gasteiger partial charge in [-0.15, -0.1) is 0 Å². The molecule has 0 aliphatic rings. The fourth-order valence-electron chi connectivity index (χ4n) is 6.00. The van der Waals surface area contributed by atoms with Crippen LogP contribution in [0.25, 0.3) is 0 Å². The van der Waals surface area contributed by atoms with Gasteiger partial charge in [0.15, 0.2) is 6.10 Å². The summed E-state index contributed by atoms with van der Waals surface area (Å²) in [6, 6.07) is 0. The monoisotopic (exact) mass is 769 g/mol. The summed E-state index contributed by atoms with van der Waals surface area (Å²) < 4.78 is 16.6. The molecule has 0 spiro atoms. The van der Waals surface area contributed by atoms with Gasteiger partial charge in [-0.1, -0.05) is 178 Å². The first-order chi connectivity index (χ1) is 27.0. The maximum Gasteiger partial charge on any atom is 0.306 e. The van der Waals surface area contributed by atoms with E-state index in [2.05, 4.69) is 81.5 Å². The maximum atomic E-state index is 12.7. The van der Waals surface area contributed by atoms with Crippen LogP contribution in [0.2, 0.25) is 0 Å². The van der Waals surface area contributed by atoms with Gasteiger partial charge in [0.2, 0.25) is 0 Å². The number of carbonyl (C=O) groups excluding carboxylic acids is 3. The van der Waals surface area contributed by atoms with Crippen LogP contribution in [-0.2, 0) is 28.6 Å². The quantitative estimate of drug-likeness (QED) is 0.0267. The lowest BCUT2D eigenvalue weighted by molar-refractivity contribution is -0.167. The molecule has 316 valence electrons. The van der Waals surface area contributed by atoms with E-state index in [1.807, 2.05) is 0 Å². The lowest BCUT2D eigenvalue weighted by Gasteiger charge is -2.18. The topological polar surface area (TPSA) is 78.9 Å². The minimum Gasteiger partial charge on any atom is -0.462 e. The molecule has 0 rings (SSSR count). The summed E-state index contributed by atoms with van der Waals surface area (Å²) >= 11 is 0. The maximum absolute atomic E-state index is 12.7. The zero-order chi connectivity index (χ0) is 40.1. The van der Waals surface area contributed by atoms with Crippen molar-refractivity contribution in [2.45, 2.75) is 219 Å². The van der Waals surface area contributed by atoms with E-state index < -0.39 is 6.10 Å². The van der Waals surface area contributed by atoms with Crippen LogP contribution < -0.4 is 0 Å². The molecular formula is C49H84O6. The Morgan fingerprint density at radius 2 is 0.691 bits per heavy atom. The average Bonchev–Trinajstić information content (AvgIpc) is 3.18. The number of ether oxygens (including phenoxy) is 3. The Morgan fingerprint density at radius 1 is 0.364 bits per heavy atom. The van der Waals surface area contributed by atoms with Gasteiger partial charge in [-0.3, -0.25) is 14.4 Å². The van der Waals surface area contributed by atoms with Crippen molar-refractivity contribution < 1.29 is 28.6 Å². The fraction of sp³-hybridized carbons (Fsp3) is 0.735. The first kappa shape index (κ1) is 52.1. The molecule has 0 saturated heterocycles. The molecule has 6 nitrogen and oxygen atoms in total. The largest absolute Gasteiger partial charge is 0.462 e. The highest BCUT2D eigenvalue weighted by Gasteiger charge is 2.19. The van der Waals surface area contributed by atoms with E-state index in [-0.39, 0.29) is 37.5 Å². The van der Waals surface area contributed by atoms with E-state index in [1.54, 1.807) is 0 Å². The van der Waals surface area contributed by atoms with E-state index in [4.69, 9.17) is 14.2 Å². The Kier molecular flexibility index (Phi) is 41.5. The SMILES string of the molecule is CCCC/C=C\CCCCCCCC(=O)O[C@@H](COC(=O)CCC/C=C\C/C=C\C/C=C\C/C=C\CCCCC)COC(=O)CCCCCCCCCCC. The van der Waals surface area contributed by atoms with Gasteiger partial charge >= 0.3 is 17.9 Å². The molecule has 0 unspecified atom stereocenters. The Morgan fingerprint density at radius 3 is 1.20 bits per heavy atom. The van der Waals surface area contributed by atoms with Crippen LogP contribution in [0.4, 0.5) is 0 Å². The number of hydrogen-bond acceptors (Lipinski definition) is 6. The summed E-state index contributed by atoms with van der Waals surface area (Å²) in [5, 5.41) is 0. The van der Waals surface area contributed by atoms with Crippen molar-refractivity contribution in [3.8, 4) is 0 Å². The van der Waals surface area contributed by atoms with E-state index in [0.717, 1.165) is 77.0 Å². The molecule has 0 aromatic carbocycles. The number of esters is 3. The summed E-state index contributed by atoms with van der Waals surface area (Å²) in [5.74, 6) is -0.969. The predicted octanol–water partition coefficient (Wildman–Crippen LogP) is 14.5. The molecule has 0 heterocycles. The van der Waals surface area contributed by atoms with Crippen LogP contribution >= 0.6 is 0 Å². The van der Waals surface area contributed by atoms with E-state index in [0.29, 0.717) is 19.3 Å². The summed E-state index contributed by atoms with van der Waals surface area (Å²) in [7, 11) is 0. The number of allylic oxidation sites excluding steroid dienone is 10. The minimum atomic E-state index is -0.795. The van der Waals surface area contributed by atoms with Crippen LogP contribution in [0.5, 0.6) is 0 Å². The fourth-order valence-corrected chi connectivity index (χ4v) is 6.00. The third kappa shape index (κ3) is 42.1. The second-order valence-corrected chi connectivity index (χ2v) is 15.0. The summed E-state index contributed by atoms with van der Waals surface area (Å²) in [4.78, 5) is 37.6. The molecule has 6 heteroatoms. The van der Waals surface area contributed by atoms with Crippen LogP contribution in [0.15, 0.2) is 60.8 Å². The minimum absolute atomic E-state index is 0.0940. The van der Waals surface area contributed by atoms with E-state index in [9.17, 15) is 14.4 Å².